The largest absolute Gasteiger partial charge is 0.370 e. The number of primary amides is 1. The van der Waals surface area contributed by atoms with Crippen molar-refractivity contribution in [2.24, 2.45) is 17.6 Å². The molecule has 0 aromatic heterocycles. The predicted molar refractivity (Wildman–Crippen MR) is 123 cm³/mol. The molecule has 0 bridgehead atoms. The number of amides is 4. The highest BCUT2D eigenvalue weighted by atomic mass is 35.5. The van der Waals surface area contributed by atoms with Crippen molar-refractivity contribution in [3.8, 4) is 0 Å². The Morgan fingerprint density at radius 3 is 2.56 bits per heavy atom. The first-order chi connectivity index (χ1) is 16.1. The summed E-state index contributed by atoms with van der Waals surface area (Å²) in [6.07, 6.45) is 0.0966. The molecule has 3 aliphatic heterocycles. The van der Waals surface area contributed by atoms with Crippen LogP contribution < -0.4 is 21.3 Å². The van der Waals surface area contributed by atoms with Crippen molar-refractivity contribution in [2.45, 2.75) is 31.3 Å². The third-order valence-corrected chi connectivity index (χ3v) is 7.65. The number of benzene rings is 2. The molecule has 3 aliphatic rings. The van der Waals surface area contributed by atoms with E-state index in [0.29, 0.717) is 21.8 Å². The number of nitrogens with zero attached hydrogens (tertiary/aromatic N) is 1. The van der Waals surface area contributed by atoms with Crippen molar-refractivity contribution in [1.29, 1.82) is 0 Å². The molecule has 4 N–H and O–H groups in total. The van der Waals surface area contributed by atoms with Gasteiger partial charge in [0.15, 0.2) is 0 Å². The van der Waals surface area contributed by atoms with Crippen LogP contribution in [-0.4, -0.2) is 29.7 Å². The number of imide groups is 1. The lowest BCUT2D eigenvalue weighted by Gasteiger charge is -2.29. The van der Waals surface area contributed by atoms with Crippen molar-refractivity contribution in [1.82, 2.24) is 5.32 Å². The van der Waals surface area contributed by atoms with Gasteiger partial charge in [-0.1, -0.05) is 29.3 Å². The number of nitrogens with one attached hydrogen (secondary N) is 2. The molecule has 5 rings (SSSR count). The van der Waals surface area contributed by atoms with Crippen LogP contribution in [0.25, 0.3) is 0 Å². The van der Waals surface area contributed by atoms with Crippen LogP contribution in [0.3, 0.4) is 0 Å². The number of carbonyl (C=O) groups excluding carboxylic acids is 4. The van der Waals surface area contributed by atoms with Gasteiger partial charge >= 0.3 is 0 Å². The summed E-state index contributed by atoms with van der Waals surface area (Å²) in [5.74, 6) is -5.02. The molecule has 2 aromatic rings. The molecule has 8 nitrogen and oxygen atoms in total. The molecule has 2 aromatic carbocycles. The Morgan fingerprint density at radius 1 is 1.15 bits per heavy atom. The van der Waals surface area contributed by atoms with E-state index in [-0.39, 0.29) is 23.6 Å². The van der Waals surface area contributed by atoms with Gasteiger partial charge in [0.25, 0.3) is 0 Å². The lowest BCUT2D eigenvalue weighted by Crippen LogP contribution is -2.53. The summed E-state index contributed by atoms with van der Waals surface area (Å²) in [5.41, 5.74) is 5.48. The van der Waals surface area contributed by atoms with Gasteiger partial charge in [-0.25, -0.2) is 9.29 Å². The van der Waals surface area contributed by atoms with E-state index in [9.17, 15) is 23.6 Å². The van der Waals surface area contributed by atoms with Crippen molar-refractivity contribution >= 4 is 58.2 Å². The molecule has 3 heterocycles. The topological polar surface area (TPSA) is 122 Å². The standard InChI is InChI=1S/C23H19Cl2FN4O4/c1-9-12(24)4-3-11-19(9)28-22(34)23(11)18-17(15(29-23)6-7-16(27)31)20(32)30(21(18)33)10-2-5-14(26)13(25)8-10/h2-5,8,15,17-18,29H,6-7H2,1H3,(H2,27,31)(H,28,34)/t15-,17-,18+,23-/m1/s1. The van der Waals surface area contributed by atoms with Gasteiger partial charge in [-0.2, -0.15) is 0 Å². The maximum Gasteiger partial charge on any atom is 0.250 e. The van der Waals surface area contributed by atoms with E-state index >= 15 is 0 Å². The molecule has 0 unspecified atom stereocenters. The molecule has 34 heavy (non-hydrogen) atoms. The molecule has 11 heteroatoms. The number of carbonyl (C=O) groups is 4. The Hall–Kier alpha value is -3.01. The second-order valence-electron chi connectivity index (χ2n) is 8.73. The van der Waals surface area contributed by atoms with Crippen LogP contribution in [0.1, 0.15) is 24.0 Å². The molecule has 2 fully saturated rings. The smallest absolute Gasteiger partial charge is 0.250 e. The fourth-order valence-corrected chi connectivity index (χ4v) is 5.75. The Kier molecular flexibility index (Phi) is 5.20. The van der Waals surface area contributed by atoms with Crippen molar-refractivity contribution < 1.29 is 23.6 Å². The summed E-state index contributed by atoms with van der Waals surface area (Å²) >= 11 is 12.1. The van der Waals surface area contributed by atoms with Crippen LogP contribution in [0.5, 0.6) is 0 Å². The molecular weight excluding hydrogens is 486 g/mol. The number of halogens is 3. The van der Waals surface area contributed by atoms with Gasteiger partial charge in [-0.15, -0.1) is 0 Å². The Balaban J connectivity index is 1.67. The maximum atomic E-state index is 13.8. The first kappa shape index (κ1) is 22.8. The minimum Gasteiger partial charge on any atom is -0.370 e. The first-order valence-corrected chi connectivity index (χ1v) is 11.3. The summed E-state index contributed by atoms with van der Waals surface area (Å²) in [6.45, 7) is 1.74. The molecule has 0 radical (unpaired) electrons. The highest BCUT2D eigenvalue weighted by Gasteiger charge is 2.70. The molecule has 1 spiro atoms. The van der Waals surface area contributed by atoms with Crippen molar-refractivity contribution in [3.05, 3.63) is 57.3 Å². The number of anilines is 2. The van der Waals surface area contributed by atoms with Gasteiger partial charge in [0.1, 0.15) is 11.4 Å². The van der Waals surface area contributed by atoms with Gasteiger partial charge in [0.2, 0.25) is 23.6 Å². The third kappa shape index (κ3) is 3.00. The fourth-order valence-electron chi connectivity index (χ4n) is 5.41. The van der Waals surface area contributed by atoms with Gasteiger partial charge in [0.05, 0.1) is 28.2 Å². The van der Waals surface area contributed by atoms with Gasteiger partial charge < -0.3 is 11.1 Å². The van der Waals surface area contributed by atoms with Gasteiger partial charge in [-0.05, 0) is 43.2 Å². The number of fused-ring (bicyclic) bond motifs is 4. The predicted octanol–water partition coefficient (Wildman–Crippen LogP) is 2.63. The molecule has 4 amide bonds. The molecular formula is C23H19Cl2FN4O4. The zero-order chi connectivity index (χ0) is 24.5. The van der Waals surface area contributed by atoms with E-state index in [1.165, 1.54) is 12.1 Å². The highest BCUT2D eigenvalue weighted by molar-refractivity contribution is 6.33. The van der Waals surface area contributed by atoms with E-state index in [4.69, 9.17) is 28.9 Å². The van der Waals surface area contributed by atoms with Gasteiger partial charge in [0, 0.05) is 23.0 Å². The van der Waals surface area contributed by atoms with Crippen LogP contribution in [0.4, 0.5) is 15.8 Å². The highest BCUT2D eigenvalue weighted by Crippen LogP contribution is 2.55. The molecule has 0 saturated carbocycles. The minimum absolute atomic E-state index is 0.0467. The minimum atomic E-state index is -1.55. The summed E-state index contributed by atoms with van der Waals surface area (Å²) in [5, 5.41) is 6.22. The summed E-state index contributed by atoms with van der Waals surface area (Å²) in [7, 11) is 0. The van der Waals surface area contributed by atoms with Crippen LogP contribution in [-0.2, 0) is 24.7 Å². The normalized spacial score (nSPS) is 27.4. The van der Waals surface area contributed by atoms with Crippen molar-refractivity contribution in [3.63, 3.8) is 0 Å². The zero-order valence-corrected chi connectivity index (χ0v) is 19.3. The molecule has 176 valence electrons. The SMILES string of the molecule is Cc1c(Cl)ccc2c1NC(=O)[C@@]21N[C@H](CCC(N)=O)[C@H]2C(=O)N(c3ccc(F)c(Cl)c3)C(=O)[C@H]21. The van der Waals surface area contributed by atoms with E-state index in [0.717, 1.165) is 11.0 Å². The summed E-state index contributed by atoms with van der Waals surface area (Å²) in [6, 6.07) is 6.13. The Bertz CT molecular complexity index is 1300. The van der Waals surface area contributed by atoms with E-state index < -0.39 is 52.9 Å². The maximum absolute atomic E-state index is 13.8. The second kappa shape index (κ2) is 7.76. The monoisotopic (exact) mass is 504 g/mol. The number of nitrogens with two attached hydrogens (primary N) is 1. The summed E-state index contributed by atoms with van der Waals surface area (Å²) in [4.78, 5) is 53.3. The zero-order valence-electron chi connectivity index (χ0n) is 17.8. The van der Waals surface area contributed by atoms with E-state index in [1.54, 1.807) is 19.1 Å². The van der Waals surface area contributed by atoms with E-state index in [1.807, 2.05) is 0 Å². The fraction of sp³-hybridized carbons (Fsp3) is 0.304. The van der Waals surface area contributed by atoms with E-state index in [2.05, 4.69) is 10.6 Å². The third-order valence-electron chi connectivity index (χ3n) is 6.95. The molecule has 4 atom stereocenters. The first-order valence-electron chi connectivity index (χ1n) is 10.6. The second-order valence-corrected chi connectivity index (χ2v) is 9.54. The summed E-state index contributed by atoms with van der Waals surface area (Å²) < 4.78 is 13.7. The average molecular weight is 505 g/mol. The number of hydrogen-bond acceptors (Lipinski definition) is 5. The van der Waals surface area contributed by atoms with Gasteiger partial charge in [-0.3, -0.25) is 24.5 Å². The van der Waals surface area contributed by atoms with Crippen LogP contribution in [0, 0.1) is 24.6 Å². The van der Waals surface area contributed by atoms with Crippen LogP contribution >= 0.6 is 23.2 Å². The van der Waals surface area contributed by atoms with Crippen LogP contribution in [0.15, 0.2) is 30.3 Å². The molecule has 0 aliphatic carbocycles. The lowest BCUT2D eigenvalue weighted by molar-refractivity contribution is -0.130. The number of hydrogen-bond donors (Lipinski definition) is 3. The van der Waals surface area contributed by atoms with Crippen molar-refractivity contribution in [2.75, 3.05) is 10.2 Å². The lowest BCUT2D eigenvalue weighted by atomic mass is 9.76. The van der Waals surface area contributed by atoms with Crippen LogP contribution in [0.2, 0.25) is 10.0 Å². The number of rotatable bonds is 4. The quantitative estimate of drug-likeness (QED) is 0.552. The molecule has 2 saturated heterocycles. The Morgan fingerprint density at radius 2 is 1.88 bits per heavy atom. The average Bonchev–Trinajstić information content (AvgIpc) is 3.36. The Labute approximate surface area is 203 Å².